The summed E-state index contributed by atoms with van der Waals surface area (Å²) in [7, 11) is 1.57. The molecular weight excluding hydrogens is 292 g/mol. The molecule has 1 heterocycles. The fourth-order valence-electron chi connectivity index (χ4n) is 1.69. The number of rotatable bonds is 7. The number of nitrogens with zero attached hydrogens (tertiary/aromatic N) is 1. The van der Waals surface area contributed by atoms with Gasteiger partial charge in [0, 0.05) is 24.5 Å². The Labute approximate surface area is 128 Å². The van der Waals surface area contributed by atoms with E-state index in [9.17, 15) is 5.11 Å². The number of anilines is 1. The van der Waals surface area contributed by atoms with Crippen LogP contribution in [-0.2, 0) is 0 Å². The van der Waals surface area contributed by atoms with Crippen molar-refractivity contribution in [2.24, 2.45) is 0 Å². The van der Waals surface area contributed by atoms with Crippen LogP contribution in [0.4, 0.5) is 5.69 Å². The maximum atomic E-state index is 9.44. The molecule has 1 aromatic heterocycles. The summed E-state index contributed by atoms with van der Waals surface area (Å²) in [6, 6.07) is 9.05. The average molecular weight is 309 g/mol. The molecule has 0 bridgehead atoms. The fourth-order valence-corrected chi connectivity index (χ4v) is 1.80. The second-order valence-electron chi connectivity index (χ2n) is 4.35. The van der Waals surface area contributed by atoms with Crippen LogP contribution in [0.2, 0.25) is 0 Å². The molecule has 112 valence electrons. The van der Waals surface area contributed by atoms with Gasteiger partial charge >= 0.3 is 0 Å². The van der Waals surface area contributed by atoms with E-state index < -0.39 is 6.10 Å². The molecule has 0 amide bonds. The van der Waals surface area contributed by atoms with Gasteiger partial charge in [-0.25, -0.2) is 0 Å². The van der Waals surface area contributed by atoms with Crippen LogP contribution in [0.5, 0.6) is 17.2 Å². The Bertz CT molecular complexity index is 566. The smallest absolute Gasteiger partial charge is 0.169 e. The molecule has 2 rings (SSSR count). The van der Waals surface area contributed by atoms with Crippen LogP contribution in [-0.4, -0.2) is 35.7 Å². The largest absolute Gasteiger partial charge is 0.493 e. The number of aliphatic hydroxyl groups is 1. The van der Waals surface area contributed by atoms with E-state index in [-0.39, 0.29) is 5.88 Å². The Morgan fingerprint density at radius 1 is 1.33 bits per heavy atom. The number of nitrogens with one attached hydrogen (secondary N) is 1. The normalized spacial score (nSPS) is 11.8. The van der Waals surface area contributed by atoms with Crippen molar-refractivity contribution >= 4 is 17.3 Å². The van der Waals surface area contributed by atoms with Gasteiger partial charge < -0.3 is 19.9 Å². The van der Waals surface area contributed by atoms with Crippen molar-refractivity contribution in [1.29, 1.82) is 0 Å². The van der Waals surface area contributed by atoms with Crippen LogP contribution in [0.3, 0.4) is 0 Å². The van der Waals surface area contributed by atoms with Crippen LogP contribution >= 0.6 is 11.6 Å². The average Bonchev–Trinajstić information content (AvgIpc) is 2.54. The molecule has 0 fully saturated rings. The molecule has 0 saturated heterocycles. The number of aliphatic hydroxyl groups excluding tert-OH is 1. The van der Waals surface area contributed by atoms with E-state index in [1.54, 1.807) is 37.7 Å². The SMILES string of the molecule is COc1cc(NCC(O)CCl)ccc1Oc1cccnc1. The zero-order valence-electron chi connectivity index (χ0n) is 11.6. The zero-order chi connectivity index (χ0) is 15.1. The summed E-state index contributed by atoms with van der Waals surface area (Å²) in [6.45, 7) is 0.370. The van der Waals surface area contributed by atoms with E-state index in [1.807, 2.05) is 12.1 Å². The summed E-state index contributed by atoms with van der Waals surface area (Å²) >= 11 is 5.55. The summed E-state index contributed by atoms with van der Waals surface area (Å²) in [5.74, 6) is 2.00. The summed E-state index contributed by atoms with van der Waals surface area (Å²) in [6.07, 6.45) is 2.71. The quantitative estimate of drug-likeness (QED) is 0.770. The highest BCUT2D eigenvalue weighted by molar-refractivity contribution is 6.18. The van der Waals surface area contributed by atoms with Crippen LogP contribution in [0.15, 0.2) is 42.7 Å². The molecule has 0 spiro atoms. The van der Waals surface area contributed by atoms with Crippen molar-refractivity contribution in [3.05, 3.63) is 42.7 Å². The van der Waals surface area contributed by atoms with Crippen LogP contribution in [0.1, 0.15) is 0 Å². The summed E-state index contributed by atoms with van der Waals surface area (Å²) in [5.41, 5.74) is 0.814. The van der Waals surface area contributed by atoms with E-state index in [2.05, 4.69) is 10.3 Å². The van der Waals surface area contributed by atoms with Crippen LogP contribution in [0.25, 0.3) is 0 Å². The van der Waals surface area contributed by atoms with Gasteiger partial charge in [0.05, 0.1) is 25.3 Å². The first-order valence-electron chi connectivity index (χ1n) is 6.46. The second kappa shape index (κ2) is 7.71. The van der Waals surface area contributed by atoms with E-state index in [1.165, 1.54) is 0 Å². The maximum Gasteiger partial charge on any atom is 0.169 e. The number of halogens is 1. The monoisotopic (exact) mass is 308 g/mol. The first-order chi connectivity index (χ1) is 10.2. The van der Waals surface area contributed by atoms with Crippen molar-refractivity contribution in [3.63, 3.8) is 0 Å². The Hall–Kier alpha value is -1.98. The van der Waals surface area contributed by atoms with E-state index in [4.69, 9.17) is 21.1 Å². The molecule has 1 atom stereocenters. The molecule has 5 nitrogen and oxygen atoms in total. The lowest BCUT2D eigenvalue weighted by molar-refractivity contribution is 0.211. The summed E-state index contributed by atoms with van der Waals surface area (Å²) in [4.78, 5) is 3.99. The third-order valence-corrected chi connectivity index (χ3v) is 3.10. The predicted octanol–water partition coefficient (Wildman–Crippen LogP) is 2.89. The zero-order valence-corrected chi connectivity index (χ0v) is 12.4. The Kier molecular flexibility index (Phi) is 5.66. The highest BCUT2D eigenvalue weighted by Crippen LogP contribution is 2.33. The Morgan fingerprint density at radius 3 is 2.86 bits per heavy atom. The highest BCUT2D eigenvalue weighted by Gasteiger charge is 2.08. The number of methoxy groups -OCH3 is 1. The highest BCUT2D eigenvalue weighted by atomic mass is 35.5. The third kappa shape index (κ3) is 4.51. The Balaban J connectivity index is 2.09. The van der Waals surface area contributed by atoms with Crippen molar-refractivity contribution < 1.29 is 14.6 Å². The topological polar surface area (TPSA) is 63.6 Å². The minimum Gasteiger partial charge on any atom is -0.493 e. The summed E-state index contributed by atoms with van der Waals surface area (Å²) in [5, 5.41) is 12.5. The molecule has 1 unspecified atom stereocenters. The number of benzene rings is 1. The number of pyridine rings is 1. The number of ether oxygens (including phenoxy) is 2. The molecule has 2 aromatic rings. The summed E-state index contributed by atoms with van der Waals surface area (Å²) < 4.78 is 11.0. The lowest BCUT2D eigenvalue weighted by Gasteiger charge is -2.14. The minimum absolute atomic E-state index is 0.187. The van der Waals surface area contributed by atoms with Gasteiger partial charge in [0.25, 0.3) is 0 Å². The van der Waals surface area contributed by atoms with Gasteiger partial charge in [-0.05, 0) is 24.3 Å². The lowest BCUT2D eigenvalue weighted by atomic mass is 10.2. The van der Waals surface area contributed by atoms with Gasteiger partial charge in [-0.3, -0.25) is 4.98 Å². The molecule has 0 aliphatic heterocycles. The van der Waals surface area contributed by atoms with Crippen LogP contribution in [0, 0.1) is 0 Å². The number of alkyl halides is 1. The number of hydrogen-bond acceptors (Lipinski definition) is 5. The number of aromatic nitrogens is 1. The van der Waals surface area contributed by atoms with Crippen molar-refractivity contribution in [2.75, 3.05) is 24.9 Å². The fraction of sp³-hybridized carbons (Fsp3) is 0.267. The molecule has 1 aromatic carbocycles. The first kappa shape index (κ1) is 15.4. The standard InChI is InChI=1S/C15H17ClN2O3/c1-20-15-7-11(18-9-12(19)8-16)4-5-14(15)21-13-3-2-6-17-10-13/h2-7,10,12,18-19H,8-9H2,1H3. The number of hydrogen-bond donors (Lipinski definition) is 2. The molecule has 21 heavy (non-hydrogen) atoms. The molecule has 0 aliphatic carbocycles. The van der Waals surface area contributed by atoms with Gasteiger partial charge in [0.2, 0.25) is 0 Å². The van der Waals surface area contributed by atoms with Gasteiger partial charge in [0.1, 0.15) is 5.75 Å². The molecule has 0 radical (unpaired) electrons. The predicted molar refractivity (Wildman–Crippen MR) is 82.5 cm³/mol. The first-order valence-corrected chi connectivity index (χ1v) is 7.00. The van der Waals surface area contributed by atoms with E-state index in [0.717, 1.165) is 5.69 Å². The maximum absolute atomic E-state index is 9.44. The molecule has 6 heteroatoms. The van der Waals surface area contributed by atoms with Crippen molar-refractivity contribution in [1.82, 2.24) is 4.98 Å². The second-order valence-corrected chi connectivity index (χ2v) is 4.65. The molecule has 2 N–H and O–H groups in total. The Morgan fingerprint density at radius 2 is 2.19 bits per heavy atom. The van der Waals surface area contributed by atoms with Gasteiger partial charge in [0.15, 0.2) is 11.5 Å². The van der Waals surface area contributed by atoms with Crippen LogP contribution < -0.4 is 14.8 Å². The lowest BCUT2D eigenvalue weighted by Crippen LogP contribution is -2.20. The van der Waals surface area contributed by atoms with Crippen molar-refractivity contribution in [2.45, 2.75) is 6.10 Å². The minimum atomic E-state index is -0.594. The molecule has 0 aliphatic rings. The van der Waals surface area contributed by atoms with Gasteiger partial charge in [-0.1, -0.05) is 0 Å². The van der Waals surface area contributed by atoms with E-state index in [0.29, 0.717) is 23.8 Å². The van der Waals surface area contributed by atoms with Gasteiger partial charge in [-0.2, -0.15) is 0 Å². The van der Waals surface area contributed by atoms with E-state index >= 15 is 0 Å². The molecule has 0 saturated carbocycles. The third-order valence-electron chi connectivity index (χ3n) is 2.75. The van der Waals surface area contributed by atoms with Crippen molar-refractivity contribution in [3.8, 4) is 17.2 Å². The molecular formula is C15H17ClN2O3. The van der Waals surface area contributed by atoms with Gasteiger partial charge in [-0.15, -0.1) is 11.6 Å².